The summed E-state index contributed by atoms with van der Waals surface area (Å²) in [5.41, 5.74) is 2.14. The van der Waals surface area contributed by atoms with Crippen LogP contribution in [0, 0.1) is 13.8 Å². The second kappa shape index (κ2) is 4.99. The molecule has 0 spiro atoms. The van der Waals surface area contributed by atoms with Gasteiger partial charge in [0.2, 0.25) is 0 Å². The first-order valence-electron chi connectivity index (χ1n) is 5.26. The Labute approximate surface area is 111 Å². The van der Waals surface area contributed by atoms with Crippen molar-refractivity contribution in [2.24, 2.45) is 0 Å². The summed E-state index contributed by atoms with van der Waals surface area (Å²) in [6, 6.07) is 11.1. The molecule has 2 aromatic rings. The predicted octanol–water partition coefficient (Wildman–Crippen LogP) is 5.40. The molecule has 17 heavy (non-hydrogen) atoms. The smallest absolute Gasteiger partial charge is 0.148 e. The Bertz CT molecular complexity index is 509. The van der Waals surface area contributed by atoms with Crippen molar-refractivity contribution in [2.45, 2.75) is 13.8 Å². The van der Waals surface area contributed by atoms with Gasteiger partial charge in [-0.15, -0.1) is 0 Å². The van der Waals surface area contributed by atoms with Gasteiger partial charge in [-0.3, -0.25) is 0 Å². The number of benzene rings is 2. The molecule has 0 aromatic heterocycles. The van der Waals surface area contributed by atoms with Crippen LogP contribution < -0.4 is 4.74 Å². The molecule has 88 valence electrons. The fourth-order valence-corrected chi connectivity index (χ4v) is 2.14. The Balaban J connectivity index is 2.33. The predicted molar refractivity (Wildman–Crippen MR) is 72.5 cm³/mol. The molecule has 0 heterocycles. The van der Waals surface area contributed by atoms with Crippen LogP contribution in [0.1, 0.15) is 11.1 Å². The number of rotatable bonds is 2. The van der Waals surface area contributed by atoms with Crippen molar-refractivity contribution >= 4 is 23.2 Å². The minimum Gasteiger partial charge on any atom is -0.456 e. The van der Waals surface area contributed by atoms with E-state index in [0.717, 1.165) is 16.9 Å². The Kier molecular flexibility index (Phi) is 3.60. The summed E-state index contributed by atoms with van der Waals surface area (Å²) in [4.78, 5) is 0. The zero-order valence-electron chi connectivity index (χ0n) is 9.63. The van der Waals surface area contributed by atoms with Crippen LogP contribution in [0.3, 0.4) is 0 Å². The van der Waals surface area contributed by atoms with Crippen molar-refractivity contribution in [1.29, 1.82) is 0 Å². The summed E-state index contributed by atoms with van der Waals surface area (Å²) in [6.07, 6.45) is 0. The van der Waals surface area contributed by atoms with Crippen LogP contribution in [-0.2, 0) is 0 Å². The van der Waals surface area contributed by atoms with Gasteiger partial charge in [0.05, 0.1) is 5.02 Å². The van der Waals surface area contributed by atoms with E-state index in [9.17, 15) is 0 Å². The van der Waals surface area contributed by atoms with Gasteiger partial charge in [-0.05, 0) is 55.3 Å². The van der Waals surface area contributed by atoms with Gasteiger partial charge in [0.25, 0.3) is 0 Å². The van der Waals surface area contributed by atoms with Crippen molar-refractivity contribution in [3.63, 3.8) is 0 Å². The first kappa shape index (κ1) is 12.3. The van der Waals surface area contributed by atoms with E-state index in [1.807, 2.05) is 38.1 Å². The van der Waals surface area contributed by atoms with Gasteiger partial charge in [0.15, 0.2) is 0 Å². The summed E-state index contributed by atoms with van der Waals surface area (Å²) in [6.45, 7) is 3.98. The number of hydrogen-bond acceptors (Lipinski definition) is 1. The molecule has 0 N–H and O–H groups in total. The second-order valence-electron chi connectivity index (χ2n) is 3.95. The molecule has 0 atom stereocenters. The van der Waals surface area contributed by atoms with E-state index < -0.39 is 0 Å². The van der Waals surface area contributed by atoms with Gasteiger partial charge in [-0.25, -0.2) is 0 Å². The molecule has 2 aromatic carbocycles. The molecule has 0 saturated heterocycles. The fraction of sp³-hybridized carbons (Fsp3) is 0.143. The molecule has 0 fully saturated rings. The zero-order valence-corrected chi connectivity index (χ0v) is 11.1. The zero-order chi connectivity index (χ0) is 12.4. The van der Waals surface area contributed by atoms with E-state index in [1.54, 1.807) is 12.1 Å². The molecule has 0 unspecified atom stereocenters. The molecule has 0 aliphatic rings. The molecular formula is C14H12Cl2O. The van der Waals surface area contributed by atoms with E-state index in [0.29, 0.717) is 15.8 Å². The molecule has 0 radical (unpaired) electrons. The average molecular weight is 267 g/mol. The van der Waals surface area contributed by atoms with Crippen LogP contribution in [0.2, 0.25) is 10.0 Å². The third-order valence-electron chi connectivity index (χ3n) is 2.41. The van der Waals surface area contributed by atoms with E-state index >= 15 is 0 Å². The highest BCUT2D eigenvalue weighted by molar-refractivity contribution is 6.32. The SMILES string of the molecule is Cc1cc(C)c(Oc2ccc(Cl)cc2)c(Cl)c1. The average Bonchev–Trinajstić information content (AvgIpc) is 2.26. The maximum Gasteiger partial charge on any atom is 0.148 e. The molecule has 0 aliphatic heterocycles. The minimum absolute atomic E-state index is 0.623. The molecule has 3 heteroatoms. The first-order chi connectivity index (χ1) is 8.06. The van der Waals surface area contributed by atoms with Crippen molar-refractivity contribution in [3.8, 4) is 11.5 Å². The highest BCUT2D eigenvalue weighted by atomic mass is 35.5. The van der Waals surface area contributed by atoms with Crippen molar-refractivity contribution in [2.75, 3.05) is 0 Å². The van der Waals surface area contributed by atoms with Crippen LogP contribution >= 0.6 is 23.2 Å². The monoisotopic (exact) mass is 266 g/mol. The van der Waals surface area contributed by atoms with E-state index in [1.165, 1.54) is 0 Å². The Hall–Kier alpha value is -1.18. The van der Waals surface area contributed by atoms with Crippen LogP contribution in [-0.4, -0.2) is 0 Å². The van der Waals surface area contributed by atoms with Crippen molar-refractivity contribution < 1.29 is 4.74 Å². The van der Waals surface area contributed by atoms with Crippen molar-refractivity contribution in [3.05, 3.63) is 57.6 Å². The van der Waals surface area contributed by atoms with E-state index in [-0.39, 0.29) is 0 Å². The first-order valence-corrected chi connectivity index (χ1v) is 6.02. The second-order valence-corrected chi connectivity index (χ2v) is 4.79. The van der Waals surface area contributed by atoms with E-state index in [2.05, 4.69) is 0 Å². The standard InChI is InChI=1S/C14H12Cl2O/c1-9-7-10(2)14(13(16)8-9)17-12-5-3-11(15)4-6-12/h3-8H,1-2H3. The van der Waals surface area contributed by atoms with E-state index in [4.69, 9.17) is 27.9 Å². The molecule has 0 aliphatic carbocycles. The third-order valence-corrected chi connectivity index (χ3v) is 2.94. The molecule has 0 amide bonds. The normalized spacial score (nSPS) is 10.4. The maximum atomic E-state index is 6.16. The van der Waals surface area contributed by atoms with Crippen molar-refractivity contribution in [1.82, 2.24) is 0 Å². The third kappa shape index (κ3) is 2.93. The molecule has 0 bridgehead atoms. The Morgan fingerprint density at radius 1 is 0.941 bits per heavy atom. The highest BCUT2D eigenvalue weighted by Gasteiger charge is 2.07. The lowest BCUT2D eigenvalue weighted by atomic mass is 10.1. The molecular weight excluding hydrogens is 255 g/mol. The van der Waals surface area contributed by atoms with Gasteiger partial charge in [0.1, 0.15) is 11.5 Å². The topological polar surface area (TPSA) is 9.23 Å². The summed E-state index contributed by atoms with van der Waals surface area (Å²) >= 11 is 12.0. The van der Waals surface area contributed by atoms with Crippen LogP contribution in [0.25, 0.3) is 0 Å². The van der Waals surface area contributed by atoms with Gasteiger partial charge >= 0.3 is 0 Å². The number of ether oxygens (including phenoxy) is 1. The minimum atomic E-state index is 0.623. The summed E-state index contributed by atoms with van der Waals surface area (Å²) in [7, 11) is 0. The molecule has 0 saturated carbocycles. The molecule has 2 rings (SSSR count). The number of aryl methyl sites for hydroxylation is 2. The van der Waals surface area contributed by atoms with Crippen LogP contribution in [0.15, 0.2) is 36.4 Å². The number of hydrogen-bond donors (Lipinski definition) is 0. The Morgan fingerprint density at radius 2 is 1.59 bits per heavy atom. The quantitative estimate of drug-likeness (QED) is 0.707. The molecule has 1 nitrogen and oxygen atoms in total. The Morgan fingerprint density at radius 3 is 2.18 bits per heavy atom. The highest BCUT2D eigenvalue weighted by Crippen LogP contribution is 2.33. The lowest BCUT2D eigenvalue weighted by Crippen LogP contribution is -1.89. The largest absolute Gasteiger partial charge is 0.456 e. The van der Waals surface area contributed by atoms with Gasteiger partial charge < -0.3 is 4.74 Å². The number of halogens is 2. The lowest BCUT2D eigenvalue weighted by Gasteiger charge is -2.11. The van der Waals surface area contributed by atoms with Gasteiger partial charge in [-0.1, -0.05) is 29.3 Å². The maximum absolute atomic E-state index is 6.16. The summed E-state index contributed by atoms with van der Waals surface area (Å²) in [5, 5.41) is 1.31. The van der Waals surface area contributed by atoms with Gasteiger partial charge in [0, 0.05) is 5.02 Å². The summed E-state index contributed by atoms with van der Waals surface area (Å²) in [5.74, 6) is 1.42. The summed E-state index contributed by atoms with van der Waals surface area (Å²) < 4.78 is 5.76. The lowest BCUT2D eigenvalue weighted by molar-refractivity contribution is 0.479. The van der Waals surface area contributed by atoms with Gasteiger partial charge in [-0.2, -0.15) is 0 Å². The van der Waals surface area contributed by atoms with Crippen LogP contribution in [0.4, 0.5) is 0 Å². The fourth-order valence-electron chi connectivity index (χ4n) is 1.65. The van der Waals surface area contributed by atoms with Crippen LogP contribution in [0.5, 0.6) is 11.5 Å².